The van der Waals surface area contributed by atoms with E-state index in [2.05, 4.69) is 31.4 Å². The van der Waals surface area contributed by atoms with Crippen LogP contribution in [0.3, 0.4) is 0 Å². The van der Waals surface area contributed by atoms with Crippen LogP contribution in [-0.4, -0.2) is 25.0 Å². The number of carbonyl (C=O) groups excluding carboxylic acids is 2. The fraction of sp³-hybridized carbons (Fsp3) is 0.619. The summed E-state index contributed by atoms with van der Waals surface area (Å²) < 4.78 is 5.24. The van der Waals surface area contributed by atoms with E-state index in [0.29, 0.717) is 34.9 Å². The molecule has 0 saturated heterocycles. The van der Waals surface area contributed by atoms with E-state index in [1.165, 1.54) is 6.42 Å². The first-order chi connectivity index (χ1) is 12.7. The molecule has 4 unspecified atom stereocenters. The van der Waals surface area contributed by atoms with Crippen molar-refractivity contribution in [2.24, 2.45) is 29.4 Å². The monoisotopic (exact) mass is 375 g/mol. The van der Waals surface area contributed by atoms with Crippen molar-refractivity contribution in [3.63, 3.8) is 0 Å². The molecule has 1 aliphatic carbocycles. The molecule has 0 bridgehead atoms. The molecule has 0 heterocycles. The number of nitrogens with one attached hydrogen (secondary N) is 2. The first-order valence-corrected chi connectivity index (χ1v) is 9.78. The van der Waals surface area contributed by atoms with Crippen LogP contribution in [0.4, 0.5) is 11.4 Å². The van der Waals surface area contributed by atoms with E-state index in [4.69, 9.17) is 10.5 Å². The Kier molecular flexibility index (Phi) is 7.25. The summed E-state index contributed by atoms with van der Waals surface area (Å²) in [5.41, 5.74) is 6.72. The van der Waals surface area contributed by atoms with Gasteiger partial charge in [0.15, 0.2) is 0 Å². The zero-order chi connectivity index (χ0) is 20.1. The average Bonchev–Trinajstić information content (AvgIpc) is 2.62. The number of hydrogen-bond acceptors (Lipinski definition) is 4. The van der Waals surface area contributed by atoms with Gasteiger partial charge in [0.25, 0.3) is 0 Å². The maximum atomic E-state index is 13.1. The highest BCUT2D eigenvalue weighted by Gasteiger charge is 2.35. The predicted octanol–water partition coefficient (Wildman–Crippen LogP) is 3.63. The fourth-order valence-corrected chi connectivity index (χ4v) is 3.84. The molecule has 0 spiro atoms. The van der Waals surface area contributed by atoms with E-state index in [1.807, 2.05) is 0 Å². The van der Waals surface area contributed by atoms with Crippen molar-refractivity contribution < 1.29 is 14.3 Å². The summed E-state index contributed by atoms with van der Waals surface area (Å²) in [5.74, 6) is 1.66. The molecule has 27 heavy (non-hydrogen) atoms. The van der Waals surface area contributed by atoms with Gasteiger partial charge in [0, 0.05) is 12.0 Å². The van der Waals surface area contributed by atoms with Crippen molar-refractivity contribution in [2.75, 3.05) is 17.7 Å². The minimum atomic E-state index is -0.649. The quantitative estimate of drug-likeness (QED) is 0.708. The molecular weight excluding hydrogens is 342 g/mol. The van der Waals surface area contributed by atoms with Crippen LogP contribution in [0.1, 0.15) is 47.0 Å². The van der Waals surface area contributed by atoms with E-state index in [0.717, 1.165) is 12.8 Å². The van der Waals surface area contributed by atoms with Gasteiger partial charge in [-0.05, 0) is 49.7 Å². The van der Waals surface area contributed by atoms with Crippen LogP contribution in [0.15, 0.2) is 18.2 Å². The standard InChI is InChI=1S/C21H33N3O3/c1-12(2)16-8-6-13(3)10-17(16)21(26)23-18-9-7-15(27-5)11-19(18)24-20(25)14(4)22/h7,9,11-14,16-17H,6,8,10,22H2,1-5H3,(H,23,26)(H,24,25). The number of rotatable bonds is 6. The maximum Gasteiger partial charge on any atom is 0.241 e. The molecule has 1 aromatic carbocycles. The molecule has 0 aliphatic heterocycles. The van der Waals surface area contributed by atoms with Gasteiger partial charge < -0.3 is 21.1 Å². The lowest BCUT2D eigenvalue weighted by Crippen LogP contribution is -2.37. The van der Waals surface area contributed by atoms with Gasteiger partial charge in [0.05, 0.1) is 24.5 Å². The van der Waals surface area contributed by atoms with Gasteiger partial charge in [0.1, 0.15) is 5.75 Å². The van der Waals surface area contributed by atoms with Crippen LogP contribution in [-0.2, 0) is 9.59 Å². The summed E-state index contributed by atoms with van der Waals surface area (Å²) in [4.78, 5) is 25.1. The second-order valence-corrected chi connectivity index (χ2v) is 8.11. The molecule has 6 nitrogen and oxygen atoms in total. The minimum Gasteiger partial charge on any atom is -0.497 e. The van der Waals surface area contributed by atoms with Crippen LogP contribution in [0.25, 0.3) is 0 Å². The summed E-state index contributed by atoms with van der Waals surface area (Å²) in [6.45, 7) is 8.19. The van der Waals surface area contributed by atoms with E-state index < -0.39 is 6.04 Å². The smallest absolute Gasteiger partial charge is 0.241 e. The highest BCUT2D eigenvalue weighted by molar-refractivity contribution is 6.02. The summed E-state index contributed by atoms with van der Waals surface area (Å²) in [6.07, 6.45) is 3.14. The molecule has 1 aromatic rings. The number of nitrogens with two attached hydrogens (primary N) is 1. The molecule has 1 aliphatic rings. The van der Waals surface area contributed by atoms with Gasteiger partial charge in [0.2, 0.25) is 11.8 Å². The van der Waals surface area contributed by atoms with E-state index in [1.54, 1.807) is 32.2 Å². The number of ether oxygens (including phenoxy) is 1. The van der Waals surface area contributed by atoms with Crippen molar-refractivity contribution in [2.45, 2.75) is 53.0 Å². The molecule has 150 valence electrons. The largest absolute Gasteiger partial charge is 0.497 e. The molecule has 4 N–H and O–H groups in total. The molecule has 2 rings (SSSR count). The van der Waals surface area contributed by atoms with Crippen LogP contribution in [0.2, 0.25) is 0 Å². The van der Waals surface area contributed by atoms with E-state index in [-0.39, 0.29) is 17.7 Å². The Morgan fingerprint density at radius 3 is 2.44 bits per heavy atom. The first kappa shape index (κ1) is 21.2. The highest BCUT2D eigenvalue weighted by atomic mass is 16.5. The highest BCUT2D eigenvalue weighted by Crippen LogP contribution is 2.39. The maximum absolute atomic E-state index is 13.1. The van der Waals surface area contributed by atoms with Crippen molar-refractivity contribution in [1.82, 2.24) is 0 Å². The van der Waals surface area contributed by atoms with Crippen LogP contribution < -0.4 is 21.1 Å². The number of carbonyl (C=O) groups is 2. The number of anilines is 2. The van der Waals surface area contributed by atoms with Gasteiger partial charge in [-0.2, -0.15) is 0 Å². The Bertz CT molecular complexity index is 673. The Labute approximate surface area is 162 Å². The fourth-order valence-electron chi connectivity index (χ4n) is 3.84. The Morgan fingerprint density at radius 1 is 1.15 bits per heavy atom. The molecule has 1 saturated carbocycles. The molecule has 4 atom stereocenters. The average molecular weight is 376 g/mol. The number of methoxy groups -OCH3 is 1. The normalized spacial score (nSPS) is 23.6. The van der Waals surface area contributed by atoms with Crippen LogP contribution in [0, 0.1) is 23.7 Å². The van der Waals surface area contributed by atoms with Crippen LogP contribution >= 0.6 is 0 Å². The SMILES string of the molecule is COc1ccc(NC(=O)C2CC(C)CCC2C(C)C)c(NC(=O)C(C)N)c1. The summed E-state index contributed by atoms with van der Waals surface area (Å²) in [6, 6.07) is 4.56. The van der Waals surface area contributed by atoms with E-state index in [9.17, 15) is 9.59 Å². The van der Waals surface area contributed by atoms with E-state index >= 15 is 0 Å². The lowest BCUT2D eigenvalue weighted by Gasteiger charge is -2.36. The summed E-state index contributed by atoms with van der Waals surface area (Å²) in [5, 5.41) is 5.81. The second kappa shape index (κ2) is 9.22. The molecule has 2 amide bonds. The number of benzene rings is 1. The van der Waals surface area contributed by atoms with Gasteiger partial charge in [-0.25, -0.2) is 0 Å². The summed E-state index contributed by atoms with van der Waals surface area (Å²) >= 11 is 0. The topological polar surface area (TPSA) is 93.5 Å². The van der Waals surface area contributed by atoms with Crippen molar-refractivity contribution in [3.8, 4) is 5.75 Å². The molecular formula is C21H33N3O3. The molecule has 0 radical (unpaired) electrons. The van der Waals surface area contributed by atoms with Gasteiger partial charge in [-0.3, -0.25) is 9.59 Å². The Balaban J connectivity index is 2.23. The van der Waals surface area contributed by atoms with Crippen molar-refractivity contribution >= 4 is 23.2 Å². The molecule has 1 fully saturated rings. The predicted molar refractivity (Wildman–Crippen MR) is 109 cm³/mol. The Hall–Kier alpha value is -2.08. The zero-order valence-electron chi connectivity index (χ0n) is 17.0. The number of hydrogen-bond donors (Lipinski definition) is 3. The third kappa shape index (κ3) is 5.45. The zero-order valence-corrected chi connectivity index (χ0v) is 17.0. The van der Waals surface area contributed by atoms with Gasteiger partial charge in [-0.15, -0.1) is 0 Å². The van der Waals surface area contributed by atoms with Gasteiger partial charge in [-0.1, -0.05) is 27.2 Å². The number of amides is 2. The van der Waals surface area contributed by atoms with Crippen LogP contribution in [0.5, 0.6) is 5.75 Å². The van der Waals surface area contributed by atoms with Crippen molar-refractivity contribution in [1.29, 1.82) is 0 Å². The lowest BCUT2D eigenvalue weighted by atomic mass is 9.70. The second-order valence-electron chi connectivity index (χ2n) is 8.11. The Morgan fingerprint density at radius 2 is 1.85 bits per heavy atom. The lowest BCUT2D eigenvalue weighted by molar-refractivity contribution is -0.124. The third-order valence-corrected chi connectivity index (χ3v) is 5.52. The third-order valence-electron chi connectivity index (χ3n) is 5.52. The first-order valence-electron chi connectivity index (χ1n) is 9.78. The minimum absolute atomic E-state index is 0.0155. The molecule has 0 aromatic heterocycles. The van der Waals surface area contributed by atoms with Gasteiger partial charge >= 0.3 is 0 Å². The molecule has 6 heteroatoms. The summed E-state index contributed by atoms with van der Waals surface area (Å²) in [7, 11) is 1.56. The van der Waals surface area contributed by atoms with Crippen molar-refractivity contribution in [3.05, 3.63) is 18.2 Å².